The van der Waals surface area contributed by atoms with E-state index in [1.165, 1.54) is 23.3 Å². The molecule has 1 amide bonds. The largest absolute Gasteiger partial charge is 0.507 e. The lowest BCUT2D eigenvalue weighted by Gasteiger charge is -2.05. The number of nitroso groups, excluding NO2 is 1. The van der Waals surface area contributed by atoms with Crippen molar-refractivity contribution in [2.75, 3.05) is 0 Å². The Kier molecular flexibility index (Phi) is 4.25. The summed E-state index contributed by atoms with van der Waals surface area (Å²) in [6.07, 6.45) is 1.60. The lowest BCUT2D eigenvalue weighted by molar-refractivity contribution is 0.0998. The molecule has 0 atom stereocenters. The van der Waals surface area contributed by atoms with Crippen LogP contribution in [-0.4, -0.2) is 11.0 Å². The molecule has 0 saturated carbocycles. The molecule has 0 bridgehead atoms. The van der Waals surface area contributed by atoms with Crippen molar-refractivity contribution in [1.29, 1.82) is 0 Å². The van der Waals surface area contributed by atoms with Gasteiger partial charge in [-0.15, -0.1) is 4.91 Å². The number of nitrogens with zero attached hydrogens (tertiary/aromatic N) is 1. The molecule has 4 nitrogen and oxygen atoms in total. The van der Waals surface area contributed by atoms with Gasteiger partial charge in [0.05, 0.1) is 5.56 Å². The Balaban J connectivity index is 2.09. The van der Waals surface area contributed by atoms with Crippen LogP contribution in [0.25, 0.3) is 0 Å². The fourth-order valence-electron chi connectivity index (χ4n) is 2.12. The van der Waals surface area contributed by atoms with Gasteiger partial charge in [-0.3, -0.25) is 4.79 Å². The predicted octanol–water partition coefficient (Wildman–Crippen LogP) is 3.39. The first-order chi connectivity index (χ1) is 9.60. The average Bonchev–Trinajstić information content (AvgIpc) is 2.44. The van der Waals surface area contributed by atoms with E-state index < -0.39 is 5.91 Å². The van der Waals surface area contributed by atoms with Gasteiger partial charge in [-0.2, -0.15) is 0 Å². The molecule has 0 heterocycles. The number of phenols is 1. The van der Waals surface area contributed by atoms with Gasteiger partial charge in [0.2, 0.25) is 0 Å². The molecule has 2 aromatic rings. The quantitative estimate of drug-likeness (QED) is 0.865. The summed E-state index contributed by atoms with van der Waals surface area (Å²) in [5.74, 6) is -1.15. The van der Waals surface area contributed by atoms with Gasteiger partial charge in [-0.25, -0.2) is 0 Å². The molecule has 0 radical (unpaired) electrons. The number of aromatic hydroxyl groups is 1. The Labute approximate surface area is 117 Å². The second-order valence-corrected chi connectivity index (χ2v) is 4.74. The molecule has 0 aromatic heterocycles. The minimum atomic E-state index is -0.951. The summed E-state index contributed by atoms with van der Waals surface area (Å²) < 4.78 is 0. The lowest BCUT2D eigenvalue weighted by atomic mass is 10.0. The summed E-state index contributed by atoms with van der Waals surface area (Å²) >= 11 is 0. The van der Waals surface area contributed by atoms with E-state index in [4.69, 9.17) is 0 Å². The van der Waals surface area contributed by atoms with E-state index in [1.807, 2.05) is 19.1 Å². The van der Waals surface area contributed by atoms with Gasteiger partial charge in [0, 0.05) is 5.18 Å². The van der Waals surface area contributed by atoms with Crippen molar-refractivity contribution < 1.29 is 9.90 Å². The van der Waals surface area contributed by atoms with Crippen molar-refractivity contribution in [3.05, 3.63) is 69.6 Å². The number of benzene rings is 2. The van der Waals surface area contributed by atoms with Gasteiger partial charge in [0.15, 0.2) is 0 Å². The standard InChI is InChI=1S/C16H15NO3/c1-11-3-2-4-12(9-11)5-6-13-7-8-14(15(18)10-13)16(19)17-20/h2-4,7-10,18H,5-6H2,1H3. The van der Waals surface area contributed by atoms with Crippen LogP contribution < -0.4 is 0 Å². The maximum Gasteiger partial charge on any atom is 0.320 e. The molecule has 4 heteroatoms. The minimum Gasteiger partial charge on any atom is -0.507 e. The van der Waals surface area contributed by atoms with Crippen LogP contribution in [0, 0.1) is 11.8 Å². The zero-order valence-corrected chi connectivity index (χ0v) is 11.2. The van der Waals surface area contributed by atoms with E-state index in [1.54, 1.807) is 6.07 Å². The number of aryl methyl sites for hydroxylation is 3. The predicted molar refractivity (Wildman–Crippen MR) is 76.8 cm³/mol. The second-order valence-electron chi connectivity index (χ2n) is 4.74. The number of amides is 1. The molecule has 20 heavy (non-hydrogen) atoms. The number of hydrogen-bond donors (Lipinski definition) is 1. The third kappa shape index (κ3) is 3.29. The average molecular weight is 269 g/mol. The Morgan fingerprint density at radius 1 is 1.10 bits per heavy atom. The number of hydrogen-bond acceptors (Lipinski definition) is 3. The molecular formula is C16H15NO3. The first kappa shape index (κ1) is 13.9. The number of phenolic OH excluding ortho intramolecular Hbond substituents is 1. The number of carbonyl (C=O) groups excluding carboxylic acids is 1. The molecule has 0 aliphatic carbocycles. The fourth-order valence-corrected chi connectivity index (χ4v) is 2.12. The normalized spacial score (nSPS) is 10.2. The van der Waals surface area contributed by atoms with Gasteiger partial charge in [-0.1, -0.05) is 35.9 Å². The molecule has 102 valence electrons. The molecule has 0 aliphatic rings. The van der Waals surface area contributed by atoms with Gasteiger partial charge >= 0.3 is 5.91 Å². The molecule has 1 N–H and O–H groups in total. The van der Waals surface area contributed by atoms with Gasteiger partial charge in [-0.05, 0) is 43.0 Å². The lowest BCUT2D eigenvalue weighted by Crippen LogP contribution is -1.97. The number of carbonyl (C=O) groups is 1. The fraction of sp³-hybridized carbons (Fsp3) is 0.188. The van der Waals surface area contributed by atoms with Gasteiger partial charge in [0.25, 0.3) is 0 Å². The second kappa shape index (κ2) is 6.10. The van der Waals surface area contributed by atoms with Crippen LogP contribution in [0.3, 0.4) is 0 Å². The smallest absolute Gasteiger partial charge is 0.320 e. The van der Waals surface area contributed by atoms with Crippen LogP contribution in [0.1, 0.15) is 27.0 Å². The zero-order valence-electron chi connectivity index (χ0n) is 11.2. The molecule has 0 unspecified atom stereocenters. The van der Waals surface area contributed by atoms with E-state index in [0.717, 1.165) is 18.4 Å². The molecule has 2 rings (SSSR count). The number of rotatable bonds is 4. The van der Waals surface area contributed by atoms with E-state index in [2.05, 4.69) is 17.3 Å². The van der Waals surface area contributed by atoms with Crippen LogP contribution in [0.5, 0.6) is 5.75 Å². The third-order valence-electron chi connectivity index (χ3n) is 3.16. The summed E-state index contributed by atoms with van der Waals surface area (Å²) in [5, 5.41) is 12.0. The van der Waals surface area contributed by atoms with Crippen LogP contribution >= 0.6 is 0 Å². The highest BCUT2D eigenvalue weighted by atomic mass is 16.3. The summed E-state index contributed by atoms with van der Waals surface area (Å²) in [5.41, 5.74) is 3.29. The Hall–Kier alpha value is -2.49. The molecule has 0 saturated heterocycles. The SMILES string of the molecule is Cc1cccc(CCc2ccc(C(=O)N=O)c(O)c2)c1. The third-order valence-corrected chi connectivity index (χ3v) is 3.16. The minimum absolute atomic E-state index is 0.0562. The van der Waals surface area contributed by atoms with Crippen molar-refractivity contribution in [3.63, 3.8) is 0 Å². The molecule has 0 spiro atoms. The topological polar surface area (TPSA) is 66.7 Å². The molecule has 0 fully saturated rings. The first-order valence-corrected chi connectivity index (χ1v) is 6.35. The van der Waals surface area contributed by atoms with Crippen LogP contribution in [0.2, 0.25) is 0 Å². The summed E-state index contributed by atoms with van der Waals surface area (Å²) in [7, 11) is 0. The molecule has 0 aliphatic heterocycles. The van der Waals surface area contributed by atoms with E-state index in [-0.39, 0.29) is 11.3 Å². The van der Waals surface area contributed by atoms with Crippen molar-refractivity contribution in [2.24, 2.45) is 5.18 Å². The van der Waals surface area contributed by atoms with Gasteiger partial charge in [0.1, 0.15) is 5.75 Å². The maximum atomic E-state index is 11.1. The van der Waals surface area contributed by atoms with Crippen molar-refractivity contribution in [3.8, 4) is 5.75 Å². The van der Waals surface area contributed by atoms with Crippen molar-refractivity contribution in [1.82, 2.24) is 0 Å². The maximum absolute atomic E-state index is 11.1. The Morgan fingerprint density at radius 3 is 2.40 bits per heavy atom. The van der Waals surface area contributed by atoms with Gasteiger partial charge < -0.3 is 5.11 Å². The monoisotopic (exact) mass is 269 g/mol. The van der Waals surface area contributed by atoms with Crippen LogP contribution in [0.4, 0.5) is 0 Å². The highest BCUT2D eigenvalue weighted by Gasteiger charge is 2.11. The molecule has 2 aromatic carbocycles. The van der Waals surface area contributed by atoms with Crippen LogP contribution in [-0.2, 0) is 12.8 Å². The highest BCUT2D eigenvalue weighted by Crippen LogP contribution is 2.21. The Bertz CT molecular complexity index is 650. The Morgan fingerprint density at radius 2 is 1.80 bits per heavy atom. The zero-order chi connectivity index (χ0) is 14.5. The van der Waals surface area contributed by atoms with E-state index in [9.17, 15) is 14.8 Å². The van der Waals surface area contributed by atoms with Crippen molar-refractivity contribution >= 4 is 5.91 Å². The van der Waals surface area contributed by atoms with Crippen LogP contribution in [0.15, 0.2) is 47.6 Å². The summed E-state index contributed by atoms with van der Waals surface area (Å²) in [6.45, 7) is 2.04. The first-order valence-electron chi connectivity index (χ1n) is 6.35. The molecular weight excluding hydrogens is 254 g/mol. The summed E-state index contributed by atoms with van der Waals surface area (Å²) in [6, 6.07) is 12.9. The summed E-state index contributed by atoms with van der Waals surface area (Å²) in [4.78, 5) is 21.3. The van der Waals surface area contributed by atoms with Crippen molar-refractivity contribution in [2.45, 2.75) is 19.8 Å². The van der Waals surface area contributed by atoms with E-state index >= 15 is 0 Å². The highest BCUT2D eigenvalue weighted by molar-refractivity contribution is 5.97. The van der Waals surface area contributed by atoms with E-state index in [0.29, 0.717) is 0 Å².